The minimum absolute atomic E-state index is 0.224. The molecule has 0 spiro atoms. The molecular formula is C19H22O2S. The highest BCUT2D eigenvalue weighted by molar-refractivity contribution is 7.99. The van der Waals surface area contributed by atoms with Crippen LogP contribution in [0.15, 0.2) is 53.4 Å². The molecule has 0 atom stereocenters. The number of carbonyl (C=O) groups excluding carboxylic acids is 1. The van der Waals surface area contributed by atoms with Gasteiger partial charge in [-0.25, -0.2) is 0 Å². The van der Waals surface area contributed by atoms with Gasteiger partial charge in [0, 0.05) is 22.6 Å². The molecule has 0 radical (unpaired) electrons. The predicted molar refractivity (Wildman–Crippen MR) is 93.1 cm³/mol. The molecule has 0 aromatic heterocycles. The summed E-state index contributed by atoms with van der Waals surface area (Å²) >= 11 is 1.74. The van der Waals surface area contributed by atoms with Crippen LogP contribution in [0.5, 0.6) is 5.75 Å². The number of ketones is 1. The zero-order valence-corrected chi connectivity index (χ0v) is 14.0. The molecule has 0 aliphatic rings. The quantitative estimate of drug-likeness (QED) is 0.383. The smallest absolute Gasteiger partial charge is 0.162 e. The Balaban J connectivity index is 1.75. The zero-order valence-electron chi connectivity index (χ0n) is 13.2. The van der Waals surface area contributed by atoms with Gasteiger partial charge in [0.25, 0.3) is 0 Å². The van der Waals surface area contributed by atoms with E-state index in [0.717, 1.165) is 23.5 Å². The molecule has 2 nitrogen and oxygen atoms in total. The third-order valence-corrected chi connectivity index (χ3v) is 4.27. The Hall–Kier alpha value is -1.74. The Labute approximate surface area is 136 Å². The van der Waals surface area contributed by atoms with E-state index in [0.29, 0.717) is 13.0 Å². The van der Waals surface area contributed by atoms with Gasteiger partial charge < -0.3 is 4.74 Å². The number of hydrogen-bond donors (Lipinski definition) is 0. The lowest BCUT2D eigenvalue weighted by atomic mass is 10.1. The van der Waals surface area contributed by atoms with Crippen molar-refractivity contribution in [2.45, 2.75) is 31.6 Å². The van der Waals surface area contributed by atoms with Crippen molar-refractivity contribution in [2.24, 2.45) is 0 Å². The maximum Gasteiger partial charge on any atom is 0.162 e. The fourth-order valence-corrected chi connectivity index (χ4v) is 2.79. The first kappa shape index (κ1) is 16.6. The Morgan fingerprint density at radius 1 is 1.05 bits per heavy atom. The monoisotopic (exact) mass is 314 g/mol. The van der Waals surface area contributed by atoms with E-state index in [1.165, 1.54) is 10.5 Å². The highest BCUT2D eigenvalue weighted by Crippen LogP contribution is 2.20. The van der Waals surface area contributed by atoms with E-state index >= 15 is 0 Å². The first-order valence-corrected chi connectivity index (χ1v) is 8.63. The average Bonchev–Trinajstić information content (AvgIpc) is 2.54. The minimum atomic E-state index is 0.224. The number of rotatable bonds is 8. The fraction of sp³-hybridized carbons (Fsp3) is 0.316. The largest absolute Gasteiger partial charge is 0.493 e. The van der Waals surface area contributed by atoms with Crippen LogP contribution in [0.25, 0.3) is 0 Å². The topological polar surface area (TPSA) is 26.3 Å². The molecular weight excluding hydrogens is 292 g/mol. The summed E-state index contributed by atoms with van der Waals surface area (Å²) in [5, 5.41) is 0. The lowest BCUT2D eigenvalue weighted by molar-refractivity contribution is 0.0981. The second-order valence-electron chi connectivity index (χ2n) is 5.21. The molecule has 0 saturated heterocycles. The van der Waals surface area contributed by atoms with Gasteiger partial charge in [0.2, 0.25) is 0 Å². The van der Waals surface area contributed by atoms with Crippen molar-refractivity contribution in [3.05, 3.63) is 59.7 Å². The number of ether oxygens (including phenoxy) is 1. The molecule has 22 heavy (non-hydrogen) atoms. The normalized spacial score (nSPS) is 10.5. The molecule has 0 saturated carbocycles. The fourth-order valence-electron chi connectivity index (χ4n) is 2.06. The van der Waals surface area contributed by atoms with Crippen molar-refractivity contribution in [3.63, 3.8) is 0 Å². The molecule has 0 aliphatic carbocycles. The molecule has 2 rings (SSSR count). The lowest BCUT2D eigenvalue weighted by Gasteiger charge is -2.07. The van der Waals surface area contributed by atoms with E-state index < -0.39 is 0 Å². The number of carbonyl (C=O) groups is 1. The SMILES string of the molecule is CCCC(=O)c1ccc(SCCOc2ccc(C)cc2)cc1. The first-order chi connectivity index (χ1) is 10.7. The summed E-state index contributed by atoms with van der Waals surface area (Å²) in [5.74, 6) is 2.02. The van der Waals surface area contributed by atoms with Crippen LogP contribution in [0.1, 0.15) is 35.7 Å². The number of Topliss-reactive ketones (excluding diaryl/α,β-unsaturated/α-hetero) is 1. The van der Waals surface area contributed by atoms with Crippen LogP contribution in [-0.4, -0.2) is 18.1 Å². The van der Waals surface area contributed by atoms with Crippen molar-refractivity contribution in [1.29, 1.82) is 0 Å². The van der Waals surface area contributed by atoms with Crippen molar-refractivity contribution in [1.82, 2.24) is 0 Å². The Kier molecular flexibility index (Phi) is 6.53. The van der Waals surface area contributed by atoms with E-state index in [1.807, 2.05) is 43.3 Å². The van der Waals surface area contributed by atoms with Crippen LogP contribution < -0.4 is 4.74 Å². The minimum Gasteiger partial charge on any atom is -0.493 e. The molecule has 0 unspecified atom stereocenters. The molecule has 116 valence electrons. The summed E-state index contributed by atoms with van der Waals surface area (Å²) in [4.78, 5) is 12.9. The van der Waals surface area contributed by atoms with Crippen LogP contribution in [0.2, 0.25) is 0 Å². The Bertz CT molecular complexity index is 588. The first-order valence-electron chi connectivity index (χ1n) is 7.64. The Morgan fingerprint density at radius 2 is 1.73 bits per heavy atom. The highest BCUT2D eigenvalue weighted by atomic mass is 32.2. The number of hydrogen-bond acceptors (Lipinski definition) is 3. The molecule has 0 heterocycles. The zero-order chi connectivity index (χ0) is 15.8. The van der Waals surface area contributed by atoms with Crippen LogP contribution in [0.3, 0.4) is 0 Å². The van der Waals surface area contributed by atoms with Crippen molar-refractivity contribution in [3.8, 4) is 5.75 Å². The van der Waals surface area contributed by atoms with E-state index in [1.54, 1.807) is 11.8 Å². The summed E-state index contributed by atoms with van der Waals surface area (Å²) in [7, 11) is 0. The van der Waals surface area contributed by atoms with Gasteiger partial charge in [-0.05, 0) is 37.6 Å². The summed E-state index contributed by atoms with van der Waals surface area (Å²) in [6, 6.07) is 16.0. The highest BCUT2D eigenvalue weighted by Gasteiger charge is 2.04. The molecule has 0 bridgehead atoms. The standard InChI is InChI=1S/C19H22O2S/c1-3-4-19(20)16-7-11-18(12-8-16)22-14-13-21-17-9-5-15(2)6-10-17/h5-12H,3-4,13-14H2,1-2H3. The van der Waals surface area contributed by atoms with Crippen LogP contribution >= 0.6 is 11.8 Å². The van der Waals surface area contributed by atoms with Crippen molar-refractivity contribution in [2.75, 3.05) is 12.4 Å². The molecule has 0 aliphatic heterocycles. The number of aryl methyl sites for hydroxylation is 1. The maximum absolute atomic E-state index is 11.8. The summed E-state index contributed by atoms with van der Waals surface area (Å²) in [5.41, 5.74) is 2.04. The van der Waals surface area contributed by atoms with Crippen molar-refractivity contribution < 1.29 is 9.53 Å². The van der Waals surface area contributed by atoms with E-state index in [4.69, 9.17) is 4.74 Å². The van der Waals surface area contributed by atoms with Gasteiger partial charge in [0.05, 0.1) is 6.61 Å². The molecule has 0 fully saturated rings. The van der Waals surface area contributed by atoms with Gasteiger partial charge in [-0.2, -0.15) is 0 Å². The lowest BCUT2D eigenvalue weighted by Crippen LogP contribution is -2.00. The van der Waals surface area contributed by atoms with Gasteiger partial charge in [-0.1, -0.05) is 36.8 Å². The third-order valence-electron chi connectivity index (χ3n) is 3.30. The van der Waals surface area contributed by atoms with Crippen LogP contribution in [0, 0.1) is 6.92 Å². The molecule has 3 heteroatoms. The maximum atomic E-state index is 11.8. The summed E-state index contributed by atoms with van der Waals surface area (Å²) < 4.78 is 5.70. The van der Waals surface area contributed by atoms with E-state index in [2.05, 4.69) is 19.1 Å². The number of thioether (sulfide) groups is 1. The van der Waals surface area contributed by atoms with E-state index in [-0.39, 0.29) is 5.78 Å². The van der Waals surface area contributed by atoms with Crippen LogP contribution in [-0.2, 0) is 0 Å². The van der Waals surface area contributed by atoms with Crippen molar-refractivity contribution >= 4 is 17.5 Å². The number of benzene rings is 2. The van der Waals surface area contributed by atoms with Gasteiger partial charge in [-0.3, -0.25) is 4.79 Å². The van der Waals surface area contributed by atoms with Gasteiger partial charge >= 0.3 is 0 Å². The third kappa shape index (κ3) is 5.23. The predicted octanol–water partition coefficient (Wildman–Crippen LogP) is 5.15. The second kappa shape index (κ2) is 8.64. The van der Waals surface area contributed by atoms with Crippen LogP contribution in [0.4, 0.5) is 0 Å². The average molecular weight is 314 g/mol. The van der Waals surface area contributed by atoms with E-state index in [9.17, 15) is 4.79 Å². The molecule has 2 aromatic rings. The Morgan fingerprint density at radius 3 is 2.36 bits per heavy atom. The summed E-state index contributed by atoms with van der Waals surface area (Å²) in [6.45, 7) is 4.76. The summed E-state index contributed by atoms with van der Waals surface area (Å²) in [6.07, 6.45) is 1.52. The van der Waals surface area contributed by atoms with Gasteiger partial charge in [0.15, 0.2) is 5.78 Å². The van der Waals surface area contributed by atoms with Gasteiger partial charge in [-0.15, -0.1) is 11.8 Å². The second-order valence-corrected chi connectivity index (χ2v) is 6.38. The molecule has 0 amide bonds. The molecule has 0 N–H and O–H groups in total. The van der Waals surface area contributed by atoms with Gasteiger partial charge in [0.1, 0.15) is 5.75 Å². The molecule has 2 aromatic carbocycles.